The van der Waals surface area contributed by atoms with E-state index in [4.69, 9.17) is 11.6 Å². The molecule has 100 valence electrons. The van der Waals surface area contributed by atoms with Crippen molar-refractivity contribution in [1.29, 1.82) is 0 Å². The maximum atomic E-state index is 13.2. The zero-order valence-electron chi connectivity index (χ0n) is 10.9. The number of nitrogens with zero attached hydrogens (tertiary/aromatic N) is 1. The van der Waals surface area contributed by atoms with E-state index in [0.717, 1.165) is 19.6 Å². The number of Topliss-reactive ketones (excluding diaryl/α,β-unsaturated/α-hetero) is 1. The van der Waals surface area contributed by atoms with Gasteiger partial charge < -0.3 is 4.90 Å². The van der Waals surface area contributed by atoms with E-state index in [2.05, 4.69) is 18.7 Å². The summed E-state index contributed by atoms with van der Waals surface area (Å²) < 4.78 is 13.2. The maximum Gasteiger partial charge on any atom is 0.142 e. The van der Waals surface area contributed by atoms with Crippen LogP contribution in [-0.4, -0.2) is 30.3 Å². The normalized spacial score (nSPS) is 10.9. The zero-order chi connectivity index (χ0) is 13.5. The summed E-state index contributed by atoms with van der Waals surface area (Å²) in [5.74, 6) is -0.339. The third-order valence-corrected chi connectivity index (χ3v) is 3.29. The largest absolute Gasteiger partial charge is 0.303 e. The fraction of sp³-hybridized carbons (Fsp3) is 0.500. The minimum atomic E-state index is -0.467. The Hall–Kier alpha value is -0.930. The van der Waals surface area contributed by atoms with Crippen LogP contribution in [0.25, 0.3) is 0 Å². The number of ketones is 1. The van der Waals surface area contributed by atoms with E-state index in [0.29, 0.717) is 12.0 Å². The van der Waals surface area contributed by atoms with E-state index < -0.39 is 5.82 Å². The molecule has 1 rings (SSSR count). The van der Waals surface area contributed by atoms with Crippen molar-refractivity contribution in [2.75, 3.05) is 19.6 Å². The van der Waals surface area contributed by atoms with Crippen molar-refractivity contribution in [3.05, 3.63) is 34.6 Å². The molecule has 0 atom stereocenters. The average Bonchev–Trinajstić information content (AvgIpc) is 2.35. The van der Waals surface area contributed by atoms with E-state index >= 15 is 0 Å². The van der Waals surface area contributed by atoms with Crippen molar-refractivity contribution >= 4 is 17.4 Å². The summed E-state index contributed by atoms with van der Waals surface area (Å²) in [6.07, 6.45) is 0.779. The average molecular weight is 272 g/mol. The Balaban J connectivity index is 2.46. The Morgan fingerprint density at radius 3 is 2.56 bits per heavy atom. The molecule has 0 spiro atoms. The van der Waals surface area contributed by atoms with Crippen molar-refractivity contribution in [2.24, 2.45) is 0 Å². The summed E-state index contributed by atoms with van der Waals surface area (Å²) in [7, 11) is 0. The second-order valence-electron chi connectivity index (χ2n) is 4.24. The van der Waals surface area contributed by atoms with Crippen LogP contribution in [0.1, 0.15) is 25.8 Å². The highest BCUT2D eigenvalue weighted by atomic mass is 35.5. The van der Waals surface area contributed by atoms with Gasteiger partial charge in [0, 0.05) is 19.4 Å². The van der Waals surface area contributed by atoms with Crippen LogP contribution in [0, 0.1) is 5.82 Å². The van der Waals surface area contributed by atoms with Crippen LogP contribution >= 0.6 is 11.6 Å². The Bertz CT molecular complexity index is 405. The third-order valence-electron chi connectivity index (χ3n) is 2.99. The first-order chi connectivity index (χ1) is 8.56. The van der Waals surface area contributed by atoms with Crippen LogP contribution in [0.5, 0.6) is 0 Å². The van der Waals surface area contributed by atoms with E-state index in [9.17, 15) is 9.18 Å². The van der Waals surface area contributed by atoms with Crippen molar-refractivity contribution in [2.45, 2.75) is 26.7 Å². The Morgan fingerprint density at radius 2 is 2.00 bits per heavy atom. The first kappa shape index (κ1) is 15.1. The van der Waals surface area contributed by atoms with Gasteiger partial charge in [-0.3, -0.25) is 4.79 Å². The molecule has 0 bridgehead atoms. The minimum absolute atomic E-state index is 0.0920. The molecule has 0 radical (unpaired) electrons. The number of carbonyl (C=O) groups is 1. The third kappa shape index (κ3) is 4.75. The topological polar surface area (TPSA) is 20.3 Å². The standard InChI is InChI=1S/C14H19ClFNO/c1-3-17(4-2)8-7-12(18)9-11-5-6-13(15)14(16)10-11/h5-6,10H,3-4,7-9H2,1-2H3. The lowest BCUT2D eigenvalue weighted by atomic mass is 10.1. The monoisotopic (exact) mass is 271 g/mol. The predicted molar refractivity (Wildman–Crippen MR) is 72.5 cm³/mol. The number of rotatable bonds is 7. The van der Waals surface area contributed by atoms with Crippen LogP contribution < -0.4 is 0 Å². The molecule has 1 aromatic rings. The lowest BCUT2D eigenvalue weighted by molar-refractivity contribution is -0.118. The smallest absolute Gasteiger partial charge is 0.142 e. The van der Waals surface area contributed by atoms with Gasteiger partial charge in [0.15, 0.2) is 0 Å². The SMILES string of the molecule is CCN(CC)CCC(=O)Cc1ccc(Cl)c(F)c1. The van der Waals surface area contributed by atoms with Crippen LogP contribution in [-0.2, 0) is 11.2 Å². The fourth-order valence-electron chi connectivity index (χ4n) is 1.79. The second kappa shape index (κ2) is 7.49. The van der Waals surface area contributed by atoms with Crippen molar-refractivity contribution < 1.29 is 9.18 Å². The fourth-order valence-corrected chi connectivity index (χ4v) is 1.91. The van der Waals surface area contributed by atoms with Gasteiger partial charge in [-0.1, -0.05) is 31.5 Å². The Kier molecular flexibility index (Phi) is 6.30. The summed E-state index contributed by atoms with van der Waals surface area (Å²) in [6.45, 7) is 6.80. The first-order valence-corrected chi connectivity index (χ1v) is 6.62. The number of benzene rings is 1. The van der Waals surface area contributed by atoms with Gasteiger partial charge in [0.1, 0.15) is 11.6 Å². The lowest BCUT2D eigenvalue weighted by Crippen LogP contribution is -2.26. The van der Waals surface area contributed by atoms with Gasteiger partial charge in [0.2, 0.25) is 0 Å². The predicted octanol–water partition coefficient (Wildman–Crippen LogP) is 3.32. The van der Waals surface area contributed by atoms with E-state index in [1.54, 1.807) is 6.07 Å². The molecule has 0 aliphatic carbocycles. The molecule has 18 heavy (non-hydrogen) atoms. The van der Waals surface area contributed by atoms with Gasteiger partial charge in [-0.15, -0.1) is 0 Å². The molecule has 2 nitrogen and oxygen atoms in total. The molecule has 0 heterocycles. The molecular weight excluding hydrogens is 253 g/mol. The number of halogens is 2. The summed E-state index contributed by atoms with van der Waals surface area (Å²) >= 11 is 5.59. The van der Waals surface area contributed by atoms with E-state index in [-0.39, 0.29) is 17.2 Å². The Labute approximate surface area is 113 Å². The molecule has 0 aromatic heterocycles. The molecule has 0 fully saturated rings. The molecule has 1 aromatic carbocycles. The van der Waals surface area contributed by atoms with Crippen LogP contribution in [0.2, 0.25) is 5.02 Å². The quantitative estimate of drug-likeness (QED) is 0.758. The number of carbonyl (C=O) groups excluding carboxylic acids is 1. The van der Waals surface area contributed by atoms with Crippen LogP contribution in [0.3, 0.4) is 0 Å². The highest BCUT2D eigenvalue weighted by Gasteiger charge is 2.08. The summed E-state index contributed by atoms with van der Waals surface area (Å²) in [4.78, 5) is 14.0. The van der Waals surface area contributed by atoms with Gasteiger partial charge in [-0.25, -0.2) is 4.39 Å². The highest BCUT2D eigenvalue weighted by Crippen LogP contribution is 2.16. The second-order valence-corrected chi connectivity index (χ2v) is 4.65. The lowest BCUT2D eigenvalue weighted by Gasteiger charge is -2.17. The van der Waals surface area contributed by atoms with Crippen LogP contribution in [0.4, 0.5) is 4.39 Å². The molecule has 4 heteroatoms. The maximum absolute atomic E-state index is 13.2. The summed E-state index contributed by atoms with van der Waals surface area (Å²) in [5, 5.41) is 0.0920. The van der Waals surface area contributed by atoms with Gasteiger partial charge in [-0.05, 0) is 30.8 Å². The van der Waals surface area contributed by atoms with Gasteiger partial charge in [0.25, 0.3) is 0 Å². The van der Waals surface area contributed by atoms with Gasteiger partial charge >= 0.3 is 0 Å². The molecule has 0 aliphatic rings. The molecule has 0 saturated heterocycles. The first-order valence-electron chi connectivity index (χ1n) is 6.24. The number of hydrogen-bond acceptors (Lipinski definition) is 2. The number of hydrogen-bond donors (Lipinski definition) is 0. The van der Waals surface area contributed by atoms with Crippen LogP contribution in [0.15, 0.2) is 18.2 Å². The molecule has 0 N–H and O–H groups in total. The molecular formula is C14H19ClFNO. The zero-order valence-corrected chi connectivity index (χ0v) is 11.6. The summed E-state index contributed by atoms with van der Waals surface area (Å²) in [5.41, 5.74) is 0.682. The minimum Gasteiger partial charge on any atom is -0.303 e. The molecule has 0 aliphatic heterocycles. The molecule has 0 saturated carbocycles. The molecule has 0 amide bonds. The highest BCUT2D eigenvalue weighted by molar-refractivity contribution is 6.30. The molecule has 0 unspecified atom stereocenters. The van der Waals surface area contributed by atoms with E-state index in [1.165, 1.54) is 12.1 Å². The van der Waals surface area contributed by atoms with Crippen molar-refractivity contribution in [3.63, 3.8) is 0 Å². The van der Waals surface area contributed by atoms with Crippen molar-refractivity contribution in [3.8, 4) is 0 Å². The van der Waals surface area contributed by atoms with Crippen molar-refractivity contribution in [1.82, 2.24) is 4.90 Å². The van der Waals surface area contributed by atoms with Gasteiger partial charge in [0.05, 0.1) is 5.02 Å². The Morgan fingerprint density at radius 1 is 1.33 bits per heavy atom. The van der Waals surface area contributed by atoms with Gasteiger partial charge in [-0.2, -0.15) is 0 Å². The summed E-state index contributed by atoms with van der Waals surface area (Å²) in [6, 6.07) is 4.52. The van der Waals surface area contributed by atoms with E-state index in [1.807, 2.05) is 0 Å².